The Morgan fingerprint density at radius 2 is 1.78 bits per heavy atom. The van der Waals surface area contributed by atoms with Crippen LogP contribution in [0, 0.1) is 29.9 Å². The van der Waals surface area contributed by atoms with Crippen molar-refractivity contribution in [2.75, 3.05) is 5.32 Å². The molecule has 1 N–H and O–H groups in total. The molecular weight excluding hydrogens is 400 g/mol. The van der Waals surface area contributed by atoms with Crippen LogP contribution in [0.3, 0.4) is 0 Å². The number of nitrogens with one attached hydrogen (secondary N) is 1. The number of ether oxygens (including phenoxy) is 1. The standard InChI is InChI=1S/C27H26N2O3/c1-17-6-9-19(10-7-17)16-32-21-13-11-20(12-14-21)27-23-5-3-4-22(23)25-24(29(30)31)15-8-18(2)26(25)28-27/h3-4,6-15,22-23,27-28H,5,16H2,1-2H3/t22-,23+,27-/m1/s1. The van der Waals surface area contributed by atoms with Gasteiger partial charge in [0.15, 0.2) is 0 Å². The van der Waals surface area contributed by atoms with Gasteiger partial charge in [0.05, 0.1) is 16.5 Å². The Labute approximate surface area is 187 Å². The maximum atomic E-state index is 11.7. The second-order valence-corrected chi connectivity index (χ2v) is 8.77. The number of allylic oxidation sites excluding steroid dienone is 2. The van der Waals surface area contributed by atoms with Crippen molar-refractivity contribution in [2.45, 2.75) is 38.8 Å². The number of aryl methyl sites for hydroxylation is 2. The molecule has 0 fully saturated rings. The van der Waals surface area contributed by atoms with Crippen molar-refractivity contribution in [3.05, 3.63) is 111 Å². The molecule has 1 heterocycles. The summed E-state index contributed by atoms with van der Waals surface area (Å²) in [5.74, 6) is 1.13. The third kappa shape index (κ3) is 3.64. The summed E-state index contributed by atoms with van der Waals surface area (Å²) in [5.41, 5.74) is 6.51. The van der Waals surface area contributed by atoms with Crippen molar-refractivity contribution in [3.63, 3.8) is 0 Å². The lowest BCUT2D eigenvalue weighted by Crippen LogP contribution is -2.30. The van der Waals surface area contributed by atoms with Crippen LogP contribution in [0.2, 0.25) is 0 Å². The van der Waals surface area contributed by atoms with Crippen LogP contribution >= 0.6 is 0 Å². The number of benzene rings is 3. The fraction of sp³-hybridized carbons (Fsp3) is 0.259. The van der Waals surface area contributed by atoms with Gasteiger partial charge in [0.1, 0.15) is 12.4 Å². The molecule has 0 radical (unpaired) electrons. The maximum absolute atomic E-state index is 11.7. The van der Waals surface area contributed by atoms with E-state index in [2.05, 4.69) is 60.8 Å². The van der Waals surface area contributed by atoms with Gasteiger partial charge in [-0.05, 0) is 55.0 Å². The van der Waals surface area contributed by atoms with E-state index in [-0.39, 0.29) is 28.5 Å². The van der Waals surface area contributed by atoms with E-state index in [1.165, 1.54) is 11.1 Å². The number of rotatable bonds is 5. The SMILES string of the molecule is Cc1ccc(COc2ccc([C@H]3Nc4c(C)ccc([N+](=O)[O-])c4[C@@H]4C=CC[C@H]34)cc2)cc1. The lowest BCUT2D eigenvalue weighted by molar-refractivity contribution is -0.385. The van der Waals surface area contributed by atoms with Gasteiger partial charge in [-0.25, -0.2) is 0 Å². The zero-order chi connectivity index (χ0) is 22.2. The van der Waals surface area contributed by atoms with Crippen molar-refractivity contribution >= 4 is 11.4 Å². The summed E-state index contributed by atoms with van der Waals surface area (Å²) < 4.78 is 5.97. The zero-order valence-electron chi connectivity index (χ0n) is 18.2. The highest BCUT2D eigenvalue weighted by Gasteiger charge is 2.42. The van der Waals surface area contributed by atoms with E-state index in [0.29, 0.717) is 6.61 Å². The summed E-state index contributed by atoms with van der Waals surface area (Å²) >= 11 is 0. The summed E-state index contributed by atoms with van der Waals surface area (Å²) in [6.45, 7) is 4.62. The molecule has 32 heavy (non-hydrogen) atoms. The van der Waals surface area contributed by atoms with Crippen LogP contribution in [-0.4, -0.2) is 4.92 Å². The first-order chi connectivity index (χ1) is 15.5. The van der Waals surface area contributed by atoms with Crippen molar-refractivity contribution in [3.8, 4) is 5.75 Å². The van der Waals surface area contributed by atoms with Crippen LogP contribution < -0.4 is 10.1 Å². The Morgan fingerprint density at radius 3 is 2.50 bits per heavy atom. The van der Waals surface area contributed by atoms with Gasteiger partial charge in [-0.15, -0.1) is 0 Å². The van der Waals surface area contributed by atoms with Crippen molar-refractivity contribution in [1.29, 1.82) is 0 Å². The summed E-state index contributed by atoms with van der Waals surface area (Å²) in [6.07, 6.45) is 5.20. The molecule has 0 amide bonds. The molecule has 2 aliphatic rings. The van der Waals surface area contributed by atoms with Gasteiger partial charge >= 0.3 is 0 Å². The van der Waals surface area contributed by atoms with Crippen LogP contribution in [0.25, 0.3) is 0 Å². The number of hydrogen-bond donors (Lipinski definition) is 1. The quantitative estimate of drug-likeness (QED) is 0.283. The van der Waals surface area contributed by atoms with Crippen LogP contribution in [0.15, 0.2) is 72.8 Å². The summed E-state index contributed by atoms with van der Waals surface area (Å²) in [6, 6.07) is 20.2. The topological polar surface area (TPSA) is 64.4 Å². The second kappa shape index (κ2) is 8.15. The molecule has 3 aromatic rings. The minimum atomic E-state index is -0.260. The Morgan fingerprint density at radius 1 is 1.03 bits per heavy atom. The molecular formula is C27H26N2O3. The Hall–Kier alpha value is -3.60. The third-order valence-electron chi connectivity index (χ3n) is 6.67. The molecule has 3 aromatic carbocycles. The number of anilines is 1. The average molecular weight is 427 g/mol. The first-order valence-corrected chi connectivity index (χ1v) is 11.0. The first kappa shape index (κ1) is 20.3. The van der Waals surface area contributed by atoms with Crippen LogP contribution in [0.5, 0.6) is 5.75 Å². The molecule has 5 rings (SSSR count). The highest BCUT2D eigenvalue weighted by Crippen LogP contribution is 2.53. The van der Waals surface area contributed by atoms with E-state index in [9.17, 15) is 10.1 Å². The molecule has 0 saturated heterocycles. The largest absolute Gasteiger partial charge is 0.489 e. The van der Waals surface area contributed by atoms with E-state index >= 15 is 0 Å². The van der Waals surface area contributed by atoms with Gasteiger partial charge < -0.3 is 10.1 Å². The fourth-order valence-corrected chi connectivity index (χ4v) is 4.95. The summed E-state index contributed by atoms with van der Waals surface area (Å²) in [7, 11) is 0. The first-order valence-electron chi connectivity index (χ1n) is 11.0. The van der Waals surface area contributed by atoms with Gasteiger partial charge in [0.2, 0.25) is 0 Å². The number of nitrogens with zero attached hydrogens (tertiary/aromatic N) is 1. The summed E-state index contributed by atoms with van der Waals surface area (Å²) in [4.78, 5) is 11.4. The number of nitro groups is 1. The van der Waals surface area contributed by atoms with Gasteiger partial charge in [-0.3, -0.25) is 10.1 Å². The van der Waals surface area contributed by atoms with E-state index in [4.69, 9.17) is 4.74 Å². The van der Waals surface area contributed by atoms with E-state index in [1.54, 1.807) is 6.07 Å². The minimum Gasteiger partial charge on any atom is -0.489 e. The van der Waals surface area contributed by atoms with E-state index in [0.717, 1.165) is 34.5 Å². The third-order valence-corrected chi connectivity index (χ3v) is 6.67. The number of nitro benzene ring substituents is 1. The molecule has 5 nitrogen and oxygen atoms in total. The smallest absolute Gasteiger partial charge is 0.275 e. The Bertz CT molecular complexity index is 1180. The lowest BCUT2D eigenvalue weighted by atomic mass is 9.75. The van der Waals surface area contributed by atoms with Crippen LogP contribution in [0.4, 0.5) is 11.4 Å². The van der Waals surface area contributed by atoms with Gasteiger partial charge in [-0.2, -0.15) is 0 Å². The predicted octanol–water partition coefficient (Wildman–Crippen LogP) is 6.62. The van der Waals surface area contributed by atoms with Crippen LogP contribution in [0.1, 0.15) is 46.2 Å². The zero-order valence-corrected chi connectivity index (χ0v) is 18.2. The highest BCUT2D eigenvalue weighted by molar-refractivity contribution is 5.70. The fourth-order valence-electron chi connectivity index (χ4n) is 4.95. The molecule has 0 spiro atoms. The van der Waals surface area contributed by atoms with Crippen molar-refractivity contribution < 1.29 is 9.66 Å². The van der Waals surface area contributed by atoms with Crippen molar-refractivity contribution in [1.82, 2.24) is 0 Å². The predicted molar refractivity (Wildman–Crippen MR) is 126 cm³/mol. The normalized spacial score (nSPS) is 20.9. The number of fused-ring (bicyclic) bond motifs is 3. The maximum Gasteiger partial charge on any atom is 0.275 e. The van der Waals surface area contributed by atoms with E-state index in [1.807, 2.05) is 25.1 Å². The van der Waals surface area contributed by atoms with Crippen molar-refractivity contribution in [2.24, 2.45) is 5.92 Å². The lowest BCUT2D eigenvalue weighted by Gasteiger charge is -2.38. The molecule has 0 aromatic heterocycles. The molecule has 162 valence electrons. The molecule has 0 bridgehead atoms. The molecule has 5 heteroatoms. The molecule has 1 aliphatic heterocycles. The number of hydrogen-bond acceptors (Lipinski definition) is 4. The monoisotopic (exact) mass is 426 g/mol. The summed E-state index contributed by atoms with van der Waals surface area (Å²) in [5, 5.41) is 15.3. The minimum absolute atomic E-state index is 0.0500. The molecule has 0 saturated carbocycles. The average Bonchev–Trinajstić information content (AvgIpc) is 3.29. The van der Waals surface area contributed by atoms with Gasteiger partial charge in [0, 0.05) is 17.7 Å². The molecule has 0 unspecified atom stereocenters. The van der Waals surface area contributed by atoms with Gasteiger partial charge in [-0.1, -0.05) is 60.2 Å². The molecule has 1 aliphatic carbocycles. The highest BCUT2D eigenvalue weighted by atomic mass is 16.6. The van der Waals surface area contributed by atoms with Crippen LogP contribution in [-0.2, 0) is 6.61 Å². The van der Waals surface area contributed by atoms with Gasteiger partial charge in [0.25, 0.3) is 5.69 Å². The Balaban J connectivity index is 1.39. The molecule has 3 atom stereocenters. The Kier molecular flexibility index (Phi) is 5.17. The van der Waals surface area contributed by atoms with E-state index < -0.39 is 0 Å². The second-order valence-electron chi connectivity index (χ2n) is 8.77.